The van der Waals surface area contributed by atoms with Crippen LogP contribution in [0.25, 0.3) is 0 Å². The summed E-state index contributed by atoms with van der Waals surface area (Å²) in [6.07, 6.45) is 0.0516. The predicted octanol–water partition coefficient (Wildman–Crippen LogP) is -2.49. The standard InChI is InChI=1S/C9H8N2O2.K/c12-9(13)11-5-7-3-1-2-4-8(7)10-6-11;/h1-4,6H,5H2,(H,12,13);/q;+1/p-1. The number of hydrogen-bond donors (Lipinski definition) is 0. The topological polar surface area (TPSA) is 55.7 Å². The molecule has 0 saturated heterocycles. The van der Waals surface area contributed by atoms with E-state index < -0.39 is 6.09 Å². The molecule has 0 radical (unpaired) electrons. The van der Waals surface area contributed by atoms with Crippen LogP contribution in [-0.2, 0) is 6.54 Å². The molecule has 1 aliphatic heterocycles. The summed E-state index contributed by atoms with van der Waals surface area (Å²) in [4.78, 5) is 15.5. The largest absolute Gasteiger partial charge is 1.00 e. The molecule has 0 unspecified atom stereocenters. The molecule has 5 heteroatoms. The van der Waals surface area contributed by atoms with Crippen molar-refractivity contribution in [2.75, 3.05) is 0 Å². The molecule has 2 rings (SSSR count). The van der Waals surface area contributed by atoms with Gasteiger partial charge in [0, 0.05) is 0 Å². The Hall–Kier alpha value is -0.204. The van der Waals surface area contributed by atoms with Crippen LogP contribution in [0.3, 0.4) is 0 Å². The zero-order valence-corrected chi connectivity index (χ0v) is 10.9. The number of fused-ring (bicyclic) bond motifs is 1. The molecule has 0 aromatic heterocycles. The SMILES string of the molecule is O=C([O-])N1C=Nc2ccccc2C1.[K+]. The summed E-state index contributed by atoms with van der Waals surface area (Å²) in [7, 11) is 0. The minimum atomic E-state index is -1.22. The molecule has 0 bridgehead atoms. The number of amides is 1. The van der Waals surface area contributed by atoms with E-state index in [9.17, 15) is 9.90 Å². The van der Waals surface area contributed by atoms with Crippen molar-refractivity contribution in [1.29, 1.82) is 0 Å². The van der Waals surface area contributed by atoms with Gasteiger partial charge in [0.05, 0.1) is 18.6 Å². The molecule has 14 heavy (non-hydrogen) atoms. The number of carbonyl (C=O) groups is 1. The van der Waals surface area contributed by atoms with E-state index in [4.69, 9.17) is 0 Å². The monoisotopic (exact) mass is 214 g/mol. The van der Waals surface area contributed by atoms with Gasteiger partial charge in [0.15, 0.2) is 0 Å². The number of carboxylic acid groups (broad SMARTS) is 1. The fourth-order valence-electron chi connectivity index (χ4n) is 1.24. The van der Waals surface area contributed by atoms with Crippen molar-refractivity contribution >= 4 is 18.1 Å². The average molecular weight is 214 g/mol. The van der Waals surface area contributed by atoms with Crippen LogP contribution in [-0.4, -0.2) is 17.3 Å². The molecule has 0 N–H and O–H groups in total. The molecule has 66 valence electrons. The molecule has 1 aromatic carbocycles. The number of rotatable bonds is 0. The van der Waals surface area contributed by atoms with Crippen molar-refractivity contribution in [3.8, 4) is 0 Å². The van der Waals surface area contributed by atoms with Gasteiger partial charge in [-0.25, -0.2) is 4.99 Å². The van der Waals surface area contributed by atoms with Gasteiger partial charge in [-0.1, -0.05) is 18.2 Å². The fourth-order valence-corrected chi connectivity index (χ4v) is 1.24. The summed E-state index contributed by atoms with van der Waals surface area (Å²) in [5.74, 6) is 0. The predicted molar refractivity (Wildman–Crippen MR) is 45.5 cm³/mol. The minimum absolute atomic E-state index is 0. The molecular formula is C9H7KN2O2. The number of benzene rings is 1. The molecule has 1 heterocycles. The third-order valence-electron chi connectivity index (χ3n) is 1.90. The average Bonchev–Trinajstić information content (AvgIpc) is 2.17. The van der Waals surface area contributed by atoms with Gasteiger partial charge in [0.2, 0.25) is 0 Å². The first-order valence-electron chi connectivity index (χ1n) is 3.87. The fraction of sp³-hybridized carbons (Fsp3) is 0.111. The first-order valence-corrected chi connectivity index (χ1v) is 3.87. The Morgan fingerprint density at radius 1 is 1.43 bits per heavy atom. The van der Waals surface area contributed by atoms with Gasteiger partial charge >= 0.3 is 51.4 Å². The number of carbonyl (C=O) groups excluding carboxylic acids is 1. The molecule has 0 fully saturated rings. The maximum atomic E-state index is 10.5. The Bertz CT molecular complexity index is 379. The first kappa shape index (κ1) is 11.9. The van der Waals surface area contributed by atoms with Crippen molar-refractivity contribution in [2.24, 2.45) is 4.99 Å². The van der Waals surface area contributed by atoms with E-state index in [1.807, 2.05) is 24.3 Å². The maximum Gasteiger partial charge on any atom is 1.00 e. The maximum absolute atomic E-state index is 10.5. The molecule has 1 aromatic rings. The Morgan fingerprint density at radius 2 is 2.14 bits per heavy atom. The number of hydrogen-bond acceptors (Lipinski definition) is 3. The summed E-state index contributed by atoms with van der Waals surface area (Å²) in [5, 5.41) is 10.5. The summed E-state index contributed by atoms with van der Waals surface area (Å²) in [5.41, 5.74) is 1.72. The van der Waals surface area contributed by atoms with Gasteiger partial charge in [0.1, 0.15) is 6.09 Å². The van der Waals surface area contributed by atoms with E-state index in [1.54, 1.807) is 0 Å². The van der Waals surface area contributed by atoms with Crippen LogP contribution in [0.1, 0.15) is 5.56 Å². The third kappa shape index (κ3) is 2.43. The van der Waals surface area contributed by atoms with Crippen LogP contribution in [0.5, 0.6) is 0 Å². The van der Waals surface area contributed by atoms with Crippen molar-refractivity contribution in [3.05, 3.63) is 29.8 Å². The second-order valence-corrected chi connectivity index (χ2v) is 2.77. The summed E-state index contributed by atoms with van der Waals surface area (Å²) in [6, 6.07) is 7.41. The Labute approximate surface area is 124 Å². The smallest absolute Gasteiger partial charge is 0.530 e. The van der Waals surface area contributed by atoms with E-state index in [1.165, 1.54) is 6.34 Å². The minimum Gasteiger partial charge on any atom is -0.530 e. The van der Waals surface area contributed by atoms with E-state index in [0.717, 1.165) is 16.2 Å². The Balaban J connectivity index is 0.000000980. The van der Waals surface area contributed by atoms with Gasteiger partial charge in [-0.3, -0.25) is 0 Å². The van der Waals surface area contributed by atoms with Crippen LogP contribution in [0.4, 0.5) is 10.5 Å². The van der Waals surface area contributed by atoms with Crippen LogP contribution in [0.15, 0.2) is 29.3 Å². The van der Waals surface area contributed by atoms with E-state index >= 15 is 0 Å². The Kier molecular flexibility index (Phi) is 4.27. The number of para-hydroxylation sites is 1. The van der Waals surface area contributed by atoms with Gasteiger partial charge < -0.3 is 14.8 Å². The molecule has 0 saturated carbocycles. The molecule has 1 amide bonds. The summed E-state index contributed by atoms with van der Waals surface area (Å²) in [6.45, 7) is 0.321. The molecule has 1 aliphatic rings. The van der Waals surface area contributed by atoms with Crippen molar-refractivity contribution in [2.45, 2.75) is 6.54 Å². The van der Waals surface area contributed by atoms with Crippen LogP contribution >= 0.6 is 0 Å². The van der Waals surface area contributed by atoms with Crippen molar-refractivity contribution in [1.82, 2.24) is 4.90 Å². The van der Waals surface area contributed by atoms with Crippen molar-refractivity contribution < 1.29 is 61.3 Å². The molecule has 0 atom stereocenters. The van der Waals surface area contributed by atoms with Gasteiger partial charge in [-0.05, 0) is 11.6 Å². The molecule has 4 nitrogen and oxygen atoms in total. The van der Waals surface area contributed by atoms with Crippen molar-refractivity contribution in [3.63, 3.8) is 0 Å². The summed E-state index contributed by atoms with van der Waals surface area (Å²) >= 11 is 0. The Morgan fingerprint density at radius 3 is 2.86 bits per heavy atom. The molecule has 0 aliphatic carbocycles. The van der Waals surface area contributed by atoms with Gasteiger partial charge in [-0.15, -0.1) is 0 Å². The zero-order chi connectivity index (χ0) is 9.26. The zero-order valence-electron chi connectivity index (χ0n) is 7.80. The van der Waals surface area contributed by atoms with Gasteiger partial charge in [0.25, 0.3) is 0 Å². The quantitative estimate of drug-likeness (QED) is 0.449. The summed E-state index contributed by atoms with van der Waals surface area (Å²) < 4.78 is 0. The third-order valence-corrected chi connectivity index (χ3v) is 1.90. The normalized spacial score (nSPS) is 13.0. The number of nitrogens with zero attached hydrogens (tertiary/aromatic N) is 2. The van der Waals surface area contributed by atoms with Gasteiger partial charge in [-0.2, -0.15) is 0 Å². The van der Waals surface area contributed by atoms with Crippen LogP contribution in [0, 0.1) is 0 Å². The van der Waals surface area contributed by atoms with Crippen LogP contribution in [0.2, 0.25) is 0 Å². The van der Waals surface area contributed by atoms with E-state index in [2.05, 4.69) is 4.99 Å². The molecular weight excluding hydrogens is 207 g/mol. The second kappa shape index (κ2) is 5.04. The first-order chi connectivity index (χ1) is 6.27. The molecule has 0 spiro atoms. The van der Waals surface area contributed by atoms with Crippen LogP contribution < -0.4 is 56.5 Å². The van der Waals surface area contributed by atoms with E-state index in [-0.39, 0.29) is 51.4 Å². The second-order valence-electron chi connectivity index (χ2n) is 2.77. The van der Waals surface area contributed by atoms with E-state index in [0.29, 0.717) is 6.54 Å². The number of aliphatic imine (C=N–C) groups is 1.